The molecule has 1 aromatic carbocycles. The molecule has 1 aliphatic carbocycles. The van der Waals surface area contributed by atoms with Crippen LogP contribution in [0.2, 0.25) is 0 Å². The molecule has 4 heteroatoms. The standard InChI is InChI=1S/C13H13FN2O/c14-13-11(2-1-3-12(13)17)10-6-15-16(8-10)7-9-4-5-9/h1-3,6,8-9,17H,4-5,7H2. The molecule has 1 N–H and O–H groups in total. The van der Waals surface area contributed by atoms with E-state index in [1.54, 1.807) is 18.3 Å². The van der Waals surface area contributed by atoms with E-state index in [0.29, 0.717) is 11.1 Å². The molecule has 0 saturated heterocycles. The van der Waals surface area contributed by atoms with Gasteiger partial charge in [-0.1, -0.05) is 12.1 Å². The molecule has 3 nitrogen and oxygen atoms in total. The van der Waals surface area contributed by atoms with Gasteiger partial charge in [-0.2, -0.15) is 5.10 Å². The molecule has 1 fully saturated rings. The molecule has 1 saturated carbocycles. The second-order valence-electron chi connectivity index (χ2n) is 4.53. The maximum atomic E-state index is 13.7. The van der Waals surface area contributed by atoms with E-state index in [-0.39, 0.29) is 5.75 Å². The van der Waals surface area contributed by atoms with Crippen LogP contribution in [-0.4, -0.2) is 14.9 Å². The molecule has 2 aromatic rings. The van der Waals surface area contributed by atoms with E-state index < -0.39 is 5.82 Å². The average Bonchev–Trinajstić information content (AvgIpc) is 3.00. The predicted octanol–water partition coefficient (Wildman–Crippen LogP) is 2.80. The van der Waals surface area contributed by atoms with Crippen LogP contribution in [0.15, 0.2) is 30.6 Å². The van der Waals surface area contributed by atoms with Gasteiger partial charge < -0.3 is 5.11 Å². The van der Waals surface area contributed by atoms with Crippen molar-refractivity contribution in [3.63, 3.8) is 0 Å². The Bertz CT molecular complexity index is 546. The smallest absolute Gasteiger partial charge is 0.172 e. The Morgan fingerprint density at radius 2 is 2.24 bits per heavy atom. The lowest BCUT2D eigenvalue weighted by Crippen LogP contribution is -1.99. The predicted molar refractivity (Wildman–Crippen MR) is 62.0 cm³/mol. The van der Waals surface area contributed by atoms with Crippen LogP contribution in [0.25, 0.3) is 11.1 Å². The number of aromatic nitrogens is 2. The maximum absolute atomic E-state index is 13.7. The number of halogens is 1. The van der Waals surface area contributed by atoms with Crippen LogP contribution in [0.1, 0.15) is 12.8 Å². The van der Waals surface area contributed by atoms with Crippen LogP contribution >= 0.6 is 0 Å². The molecular weight excluding hydrogens is 219 g/mol. The van der Waals surface area contributed by atoms with Crippen molar-refractivity contribution < 1.29 is 9.50 Å². The number of phenolic OH excluding ortho intramolecular Hbond substituents is 1. The molecule has 1 heterocycles. The summed E-state index contributed by atoms with van der Waals surface area (Å²) in [5.41, 5.74) is 1.10. The van der Waals surface area contributed by atoms with Crippen LogP contribution in [0.3, 0.4) is 0 Å². The first-order valence-electron chi connectivity index (χ1n) is 5.74. The fourth-order valence-electron chi connectivity index (χ4n) is 1.91. The zero-order valence-corrected chi connectivity index (χ0v) is 9.31. The first-order chi connectivity index (χ1) is 8.24. The van der Waals surface area contributed by atoms with Gasteiger partial charge in [-0.15, -0.1) is 0 Å². The molecule has 88 valence electrons. The molecule has 0 radical (unpaired) electrons. The third-order valence-corrected chi connectivity index (χ3v) is 3.06. The fraction of sp³-hybridized carbons (Fsp3) is 0.308. The Balaban J connectivity index is 1.91. The van der Waals surface area contributed by atoms with E-state index in [1.165, 1.54) is 18.9 Å². The molecule has 0 unspecified atom stereocenters. The van der Waals surface area contributed by atoms with Crippen molar-refractivity contribution in [2.45, 2.75) is 19.4 Å². The summed E-state index contributed by atoms with van der Waals surface area (Å²) in [6, 6.07) is 4.62. The maximum Gasteiger partial charge on any atom is 0.172 e. The summed E-state index contributed by atoms with van der Waals surface area (Å²) in [4.78, 5) is 0. The summed E-state index contributed by atoms with van der Waals surface area (Å²) in [6.45, 7) is 0.903. The van der Waals surface area contributed by atoms with E-state index in [4.69, 9.17) is 0 Å². The third kappa shape index (κ3) is 2.02. The zero-order chi connectivity index (χ0) is 11.8. The Hall–Kier alpha value is -1.84. The number of aromatic hydroxyl groups is 1. The quantitative estimate of drug-likeness (QED) is 0.883. The van der Waals surface area contributed by atoms with Gasteiger partial charge in [-0.25, -0.2) is 4.39 Å². The molecular formula is C13H13FN2O. The monoisotopic (exact) mass is 232 g/mol. The molecule has 0 spiro atoms. The van der Waals surface area contributed by atoms with Crippen molar-refractivity contribution >= 4 is 0 Å². The molecule has 3 rings (SSSR count). The number of phenols is 1. The molecule has 17 heavy (non-hydrogen) atoms. The van der Waals surface area contributed by atoms with Crippen LogP contribution in [0, 0.1) is 11.7 Å². The molecule has 0 amide bonds. The number of benzene rings is 1. The number of hydrogen-bond acceptors (Lipinski definition) is 2. The molecule has 1 aliphatic rings. The van der Waals surface area contributed by atoms with Crippen LogP contribution < -0.4 is 0 Å². The Labute approximate surface area is 98.5 Å². The Kier molecular flexibility index (Phi) is 2.35. The largest absolute Gasteiger partial charge is 0.505 e. The van der Waals surface area contributed by atoms with Crippen LogP contribution in [-0.2, 0) is 6.54 Å². The van der Waals surface area contributed by atoms with Gasteiger partial charge in [0, 0.05) is 23.9 Å². The minimum Gasteiger partial charge on any atom is -0.505 e. The highest BCUT2D eigenvalue weighted by molar-refractivity contribution is 5.64. The van der Waals surface area contributed by atoms with Gasteiger partial charge in [0.05, 0.1) is 6.20 Å². The van der Waals surface area contributed by atoms with Crippen molar-refractivity contribution in [1.82, 2.24) is 9.78 Å². The second-order valence-corrected chi connectivity index (χ2v) is 4.53. The van der Waals surface area contributed by atoms with Gasteiger partial charge >= 0.3 is 0 Å². The van der Waals surface area contributed by atoms with Crippen molar-refractivity contribution in [1.29, 1.82) is 0 Å². The topological polar surface area (TPSA) is 38.1 Å². The summed E-state index contributed by atoms with van der Waals surface area (Å²) < 4.78 is 15.5. The highest BCUT2D eigenvalue weighted by Crippen LogP contribution is 2.32. The van der Waals surface area contributed by atoms with Gasteiger partial charge in [0.15, 0.2) is 11.6 Å². The van der Waals surface area contributed by atoms with Crippen molar-refractivity contribution in [2.75, 3.05) is 0 Å². The zero-order valence-electron chi connectivity index (χ0n) is 9.31. The molecule has 0 aliphatic heterocycles. The highest BCUT2D eigenvalue weighted by Gasteiger charge is 2.22. The van der Waals surface area contributed by atoms with Crippen molar-refractivity contribution in [3.05, 3.63) is 36.4 Å². The first-order valence-corrected chi connectivity index (χ1v) is 5.74. The van der Waals surface area contributed by atoms with E-state index in [2.05, 4.69) is 5.10 Å². The van der Waals surface area contributed by atoms with Gasteiger partial charge in [0.1, 0.15) is 0 Å². The van der Waals surface area contributed by atoms with Crippen LogP contribution in [0.4, 0.5) is 4.39 Å². The van der Waals surface area contributed by atoms with E-state index in [1.807, 2.05) is 10.9 Å². The SMILES string of the molecule is Oc1cccc(-c2cnn(CC3CC3)c2)c1F. The lowest BCUT2D eigenvalue weighted by molar-refractivity contribution is 0.433. The number of hydrogen-bond donors (Lipinski definition) is 1. The molecule has 0 atom stereocenters. The van der Waals surface area contributed by atoms with E-state index >= 15 is 0 Å². The Morgan fingerprint density at radius 1 is 1.41 bits per heavy atom. The summed E-state index contributed by atoms with van der Waals surface area (Å²) in [5, 5.41) is 13.5. The second kappa shape index (κ2) is 3.87. The fourth-order valence-corrected chi connectivity index (χ4v) is 1.91. The Morgan fingerprint density at radius 3 is 3.00 bits per heavy atom. The lowest BCUT2D eigenvalue weighted by Gasteiger charge is -2.01. The van der Waals surface area contributed by atoms with Gasteiger partial charge in [-0.05, 0) is 24.8 Å². The average molecular weight is 232 g/mol. The first kappa shape index (κ1) is 10.3. The number of nitrogens with zero attached hydrogens (tertiary/aromatic N) is 2. The van der Waals surface area contributed by atoms with Gasteiger partial charge in [-0.3, -0.25) is 4.68 Å². The minimum absolute atomic E-state index is 0.322. The molecule has 0 bridgehead atoms. The summed E-state index contributed by atoms with van der Waals surface area (Å²) in [6.07, 6.45) is 5.99. The lowest BCUT2D eigenvalue weighted by atomic mass is 10.1. The number of rotatable bonds is 3. The van der Waals surface area contributed by atoms with E-state index in [9.17, 15) is 9.50 Å². The summed E-state index contributed by atoms with van der Waals surface area (Å²) in [5.74, 6) is -0.173. The van der Waals surface area contributed by atoms with Gasteiger partial charge in [0.2, 0.25) is 0 Å². The molecule has 1 aromatic heterocycles. The van der Waals surface area contributed by atoms with Crippen LogP contribution in [0.5, 0.6) is 5.75 Å². The highest BCUT2D eigenvalue weighted by atomic mass is 19.1. The summed E-state index contributed by atoms with van der Waals surface area (Å²) in [7, 11) is 0. The van der Waals surface area contributed by atoms with Crippen molar-refractivity contribution in [3.8, 4) is 16.9 Å². The normalized spacial score (nSPS) is 15.1. The third-order valence-electron chi connectivity index (χ3n) is 3.06. The van der Waals surface area contributed by atoms with E-state index in [0.717, 1.165) is 12.5 Å². The summed E-state index contributed by atoms with van der Waals surface area (Å²) >= 11 is 0. The van der Waals surface area contributed by atoms with Gasteiger partial charge in [0.25, 0.3) is 0 Å². The minimum atomic E-state index is -0.585. The van der Waals surface area contributed by atoms with Crippen molar-refractivity contribution in [2.24, 2.45) is 5.92 Å².